The molecule has 6 nitrogen and oxygen atoms in total. The average Bonchev–Trinajstić information content (AvgIpc) is 2.19. The molecule has 0 aliphatic carbocycles. The number of rotatable bonds is 4. The van der Waals surface area contributed by atoms with E-state index in [9.17, 15) is 44.7 Å². The summed E-state index contributed by atoms with van der Waals surface area (Å²) in [7, 11) is 0. The predicted octanol–water partition coefficient (Wildman–Crippen LogP) is 2.87. The molecule has 2 N–H and O–H groups in total. The zero-order valence-corrected chi connectivity index (χ0v) is 9.26. The van der Waals surface area contributed by atoms with Crippen molar-refractivity contribution in [2.24, 2.45) is 0 Å². The highest BCUT2D eigenvalue weighted by molar-refractivity contribution is 5.59. The summed E-state index contributed by atoms with van der Waals surface area (Å²) in [6.45, 7) is -2.95. The van der Waals surface area contributed by atoms with Crippen LogP contribution in [0.3, 0.4) is 0 Å². The highest BCUT2D eigenvalue weighted by Crippen LogP contribution is 2.52. The van der Waals surface area contributed by atoms with Crippen molar-refractivity contribution in [1.82, 2.24) is 0 Å². The van der Waals surface area contributed by atoms with Gasteiger partial charge in [0.05, 0.1) is 0 Å². The summed E-state index contributed by atoms with van der Waals surface area (Å²) in [5.74, 6) is -6.81. The second kappa shape index (κ2) is 5.40. The van der Waals surface area contributed by atoms with Gasteiger partial charge in [-0.3, -0.25) is 0 Å². The summed E-state index contributed by atoms with van der Waals surface area (Å²) in [6.07, 6.45) is -19.3. The second-order valence-electron chi connectivity index (χ2n) is 3.32. The highest BCUT2D eigenvalue weighted by Gasteiger charge is 2.83. The quantitative estimate of drug-likeness (QED) is 0.606. The minimum atomic E-state index is -6.90. The SMILES string of the molecule is O=C(O)OCC(OC(=O)O)(C(F)(F)F)C(F)(F)C(F)(F)F. The topological polar surface area (TPSA) is 93.1 Å². The molecule has 0 aliphatic rings. The molecule has 0 heterocycles. The minimum absolute atomic E-state index is 2.66. The van der Waals surface area contributed by atoms with Gasteiger partial charge in [0.25, 0.3) is 0 Å². The molecular formula is C7H4F8O6. The van der Waals surface area contributed by atoms with E-state index in [1.54, 1.807) is 0 Å². The van der Waals surface area contributed by atoms with E-state index in [0.717, 1.165) is 0 Å². The Kier molecular flexibility index (Phi) is 4.88. The summed E-state index contributed by atoms with van der Waals surface area (Å²) in [5, 5.41) is 15.9. The first-order valence-corrected chi connectivity index (χ1v) is 4.37. The molecule has 0 aliphatic heterocycles. The van der Waals surface area contributed by atoms with Crippen molar-refractivity contribution in [2.45, 2.75) is 23.9 Å². The number of halogens is 8. The Morgan fingerprint density at radius 1 is 0.810 bits per heavy atom. The predicted molar refractivity (Wildman–Crippen MR) is 42.9 cm³/mol. The molecule has 21 heavy (non-hydrogen) atoms. The van der Waals surface area contributed by atoms with Gasteiger partial charge in [-0.15, -0.1) is 0 Å². The van der Waals surface area contributed by atoms with Crippen LogP contribution in [0.4, 0.5) is 44.7 Å². The van der Waals surface area contributed by atoms with E-state index in [-0.39, 0.29) is 0 Å². The normalized spacial score (nSPS) is 16.0. The third-order valence-electron chi connectivity index (χ3n) is 1.98. The van der Waals surface area contributed by atoms with Crippen molar-refractivity contribution >= 4 is 12.3 Å². The second-order valence-corrected chi connectivity index (χ2v) is 3.32. The van der Waals surface area contributed by atoms with E-state index < -0.39 is 42.8 Å². The fourth-order valence-corrected chi connectivity index (χ4v) is 1.04. The van der Waals surface area contributed by atoms with E-state index in [1.807, 2.05) is 0 Å². The molecular weight excluding hydrogens is 332 g/mol. The first kappa shape index (κ1) is 19.0. The average molecular weight is 336 g/mol. The van der Waals surface area contributed by atoms with Gasteiger partial charge in [-0.25, -0.2) is 9.59 Å². The molecule has 14 heteroatoms. The fraction of sp³-hybridized carbons (Fsp3) is 0.714. The summed E-state index contributed by atoms with van der Waals surface area (Å²) in [4.78, 5) is 20.0. The molecule has 1 atom stereocenters. The molecule has 0 aromatic heterocycles. The standard InChI is InChI=1S/C7H4F8O6/c8-5(9,7(13,14)15)4(6(10,11)12,21-3(18)19)1-20-2(16)17/h1H2,(H,16,17)(H,18,19). The molecule has 0 fully saturated rings. The largest absolute Gasteiger partial charge is 0.507 e. The first-order valence-electron chi connectivity index (χ1n) is 4.37. The van der Waals surface area contributed by atoms with Gasteiger partial charge in [0.15, 0.2) is 6.61 Å². The van der Waals surface area contributed by atoms with Crippen LogP contribution in [0.1, 0.15) is 0 Å². The Morgan fingerprint density at radius 3 is 1.48 bits per heavy atom. The first-order chi connectivity index (χ1) is 9.08. The lowest BCUT2D eigenvalue weighted by Gasteiger charge is -2.39. The van der Waals surface area contributed by atoms with Gasteiger partial charge in [-0.05, 0) is 0 Å². The van der Waals surface area contributed by atoms with Crippen LogP contribution in [-0.2, 0) is 9.47 Å². The van der Waals surface area contributed by atoms with Gasteiger partial charge in [-0.2, -0.15) is 35.1 Å². The van der Waals surface area contributed by atoms with E-state index in [4.69, 9.17) is 10.2 Å². The Balaban J connectivity index is 6.14. The minimum Gasteiger partial charge on any atom is -0.450 e. The van der Waals surface area contributed by atoms with Crippen molar-refractivity contribution in [2.75, 3.05) is 6.61 Å². The van der Waals surface area contributed by atoms with Crippen LogP contribution < -0.4 is 0 Å². The van der Waals surface area contributed by atoms with E-state index in [0.29, 0.717) is 0 Å². The number of carboxylic acid groups (broad SMARTS) is 2. The lowest BCUT2D eigenvalue weighted by molar-refractivity contribution is -0.406. The summed E-state index contributed by atoms with van der Waals surface area (Å²) in [6, 6.07) is 0. The van der Waals surface area contributed by atoms with Crippen molar-refractivity contribution in [1.29, 1.82) is 0 Å². The van der Waals surface area contributed by atoms with Crippen LogP contribution in [-0.4, -0.2) is 53.0 Å². The molecule has 0 aromatic rings. The van der Waals surface area contributed by atoms with Crippen molar-refractivity contribution in [3.8, 4) is 0 Å². The van der Waals surface area contributed by atoms with E-state index in [1.165, 1.54) is 0 Å². The Morgan fingerprint density at radius 2 is 1.24 bits per heavy atom. The number of ether oxygens (including phenoxy) is 2. The van der Waals surface area contributed by atoms with Crippen LogP contribution in [0.5, 0.6) is 0 Å². The van der Waals surface area contributed by atoms with Gasteiger partial charge < -0.3 is 19.7 Å². The molecule has 0 spiro atoms. The number of carbonyl (C=O) groups is 2. The maximum atomic E-state index is 13.1. The van der Waals surface area contributed by atoms with Crippen LogP contribution in [0, 0.1) is 0 Å². The monoisotopic (exact) mass is 336 g/mol. The fourth-order valence-electron chi connectivity index (χ4n) is 1.04. The summed E-state index contributed by atoms with van der Waals surface area (Å²) < 4.78 is 106. The van der Waals surface area contributed by atoms with Gasteiger partial charge in [-0.1, -0.05) is 0 Å². The number of alkyl halides is 8. The molecule has 0 bridgehead atoms. The van der Waals surface area contributed by atoms with Gasteiger partial charge in [0.2, 0.25) is 0 Å². The summed E-state index contributed by atoms with van der Waals surface area (Å²) >= 11 is 0. The van der Waals surface area contributed by atoms with Crippen LogP contribution >= 0.6 is 0 Å². The molecule has 0 saturated carbocycles. The Hall–Kier alpha value is -2.02. The maximum absolute atomic E-state index is 13.1. The molecule has 0 amide bonds. The third kappa shape index (κ3) is 3.55. The van der Waals surface area contributed by atoms with Gasteiger partial charge in [0, 0.05) is 0 Å². The van der Waals surface area contributed by atoms with E-state index in [2.05, 4.69) is 9.47 Å². The zero-order valence-electron chi connectivity index (χ0n) is 9.26. The zero-order chi connectivity index (χ0) is 17.3. The molecule has 0 radical (unpaired) electrons. The molecule has 0 aromatic carbocycles. The lowest BCUT2D eigenvalue weighted by atomic mass is 9.94. The smallest absolute Gasteiger partial charge is 0.450 e. The number of hydrogen-bond acceptors (Lipinski definition) is 4. The number of hydrogen-bond donors (Lipinski definition) is 2. The molecule has 0 rings (SSSR count). The van der Waals surface area contributed by atoms with Gasteiger partial charge >= 0.3 is 36.2 Å². The van der Waals surface area contributed by atoms with Crippen LogP contribution in [0.15, 0.2) is 0 Å². The van der Waals surface area contributed by atoms with Crippen molar-refractivity contribution < 1.29 is 64.4 Å². The Labute approximate surface area is 108 Å². The van der Waals surface area contributed by atoms with Crippen molar-refractivity contribution in [3.63, 3.8) is 0 Å². The van der Waals surface area contributed by atoms with Gasteiger partial charge in [0.1, 0.15) is 0 Å². The van der Waals surface area contributed by atoms with Crippen LogP contribution in [0.2, 0.25) is 0 Å². The third-order valence-corrected chi connectivity index (χ3v) is 1.98. The van der Waals surface area contributed by atoms with E-state index >= 15 is 0 Å². The summed E-state index contributed by atoms with van der Waals surface area (Å²) in [5.41, 5.74) is -5.79. The molecule has 0 saturated heterocycles. The van der Waals surface area contributed by atoms with Crippen LogP contribution in [0.25, 0.3) is 0 Å². The Bertz CT molecular complexity index is 414. The highest BCUT2D eigenvalue weighted by atomic mass is 19.4. The molecule has 1 unspecified atom stereocenters. The lowest BCUT2D eigenvalue weighted by Crippen LogP contribution is -2.69. The van der Waals surface area contributed by atoms with Crippen molar-refractivity contribution in [3.05, 3.63) is 0 Å². The molecule has 124 valence electrons. The maximum Gasteiger partial charge on any atom is 0.507 e.